The molecule has 9 heteroatoms. The zero-order valence-corrected chi connectivity index (χ0v) is 17.8. The monoisotopic (exact) mass is 421 g/mol. The molecule has 2 heterocycles. The predicted octanol–water partition coefficient (Wildman–Crippen LogP) is 1.51. The number of carbonyl (C=O) groups is 2. The summed E-state index contributed by atoms with van der Waals surface area (Å²) in [7, 11) is -2.30. The zero-order valence-electron chi connectivity index (χ0n) is 17.0. The fourth-order valence-electron chi connectivity index (χ4n) is 3.89. The Morgan fingerprint density at radius 1 is 1.28 bits per heavy atom. The second-order valence-electron chi connectivity index (χ2n) is 7.45. The van der Waals surface area contributed by atoms with Gasteiger partial charge in [0.15, 0.2) is 5.84 Å². The van der Waals surface area contributed by atoms with E-state index in [4.69, 9.17) is 4.74 Å². The zero-order chi connectivity index (χ0) is 21.2. The number of sulfonamides is 1. The number of nitrogens with zero attached hydrogens (tertiary/aromatic N) is 3. The van der Waals surface area contributed by atoms with Gasteiger partial charge in [-0.25, -0.2) is 0 Å². The van der Waals surface area contributed by atoms with E-state index < -0.39 is 10.0 Å². The first kappa shape index (κ1) is 21.3. The van der Waals surface area contributed by atoms with Crippen LogP contribution in [0.3, 0.4) is 0 Å². The summed E-state index contributed by atoms with van der Waals surface area (Å²) in [6.45, 7) is 5.62. The SMILES string of the molecule is CCN(CC(C)C(=O)OC)C(=O)C1CCN(C2=NS(=O)(=O)c3ccccc32)CC1. The van der Waals surface area contributed by atoms with Crippen LogP contribution in [-0.4, -0.2) is 69.2 Å². The van der Waals surface area contributed by atoms with Gasteiger partial charge in [-0.15, -0.1) is 4.40 Å². The number of fused-ring (bicyclic) bond motifs is 1. The minimum Gasteiger partial charge on any atom is -0.469 e. The van der Waals surface area contributed by atoms with E-state index in [1.807, 2.05) is 11.8 Å². The molecule has 0 aliphatic carbocycles. The Kier molecular flexibility index (Phi) is 6.26. The van der Waals surface area contributed by atoms with Crippen LogP contribution in [-0.2, 0) is 24.3 Å². The second kappa shape index (κ2) is 8.52. The van der Waals surface area contributed by atoms with Gasteiger partial charge in [-0.3, -0.25) is 9.59 Å². The summed E-state index contributed by atoms with van der Waals surface area (Å²) in [5, 5.41) is 0. The first-order chi connectivity index (χ1) is 13.8. The highest BCUT2D eigenvalue weighted by Crippen LogP contribution is 2.30. The lowest BCUT2D eigenvalue weighted by Gasteiger charge is -2.35. The number of hydrogen-bond donors (Lipinski definition) is 0. The highest BCUT2D eigenvalue weighted by atomic mass is 32.2. The van der Waals surface area contributed by atoms with E-state index >= 15 is 0 Å². The summed E-state index contributed by atoms with van der Waals surface area (Å²) in [6, 6.07) is 6.82. The highest BCUT2D eigenvalue weighted by Gasteiger charge is 2.35. The number of amidine groups is 1. The third-order valence-electron chi connectivity index (χ3n) is 5.55. The Balaban J connectivity index is 1.65. The normalized spacial score (nSPS) is 19.3. The summed E-state index contributed by atoms with van der Waals surface area (Å²) < 4.78 is 33.3. The highest BCUT2D eigenvalue weighted by molar-refractivity contribution is 7.90. The third-order valence-corrected chi connectivity index (χ3v) is 6.87. The van der Waals surface area contributed by atoms with Gasteiger partial charge in [0, 0.05) is 37.7 Å². The van der Waals surface area contributed by atoms with E-state index in [0.29, 0.717) is 50.4 Å². The van der Waals surface area contributed by atoms with Crippen molar-refractivity contribution in [2.75, 3.05) is 33.3 Å². The van der Waals surface area contributed by atoms with Crippen molar-refractivity contribution in [2.24, 2.45) is 16.2 Å². The number of esters is 1. The van der Waals surface area contributed by atoms with Gasteiger partial charge in [-0.05, 0) is 31.9 Å². The first-order valence-electron chi connectivity index (χ1n) is 9.84. The molecule has 0 spiro atoms. The molecule has 0 bridgehead atoms. The van der Waals surface area contributed by atoms with Crippen LogP contribution >= 0.6 is 0 Å². The topological polar surface area (TPSA) is 96.3 Å². The maximum Gasteiger partial charge on any atom is 0.310 e. The molecule has 8 nitrogen and oxygen atoms in total. The molecule has 29 heavy (non-hydrogen) atoms. The Labute approximate surface area is 171 Å². The van der Waals surface area contributed by atoms with Crippen molar-refractivity contribution in [3.63, 3.8) is 0 Å². The molecule has 1 saturated heterocycles. The molecule has 0 N–H and O–H groups in total. The van der Waals surface area contributed by atoms with Crippen molar-refractivity contribution in [3.05, 3.63) is 29.8 Å². The minimum absolute atomic E-state index is 0.0317. The fraction of sp³-hybridized carbons (Fsp3) is 0.550. The number of ether oxygens (including phenoxy) is 1. The molecule has 1 unspecified atom stereocenters. The Hall–Kier alpha value is -2.42. The van der Waals surface area contributed by atoms with Crippen molar-refractivity contribution >= 4 is 27.7 Å². The largest absolute Gasteiger partial charge is 0.469 e. The number of piperidine rings is 1. The fourth-order valence-corrected chi connectivity index (χ4v) is 5.12. The standard InChI is InChI=1S/C20H27N3O5S/c1-4-22(13-14(2)20(25)28-3)19(24)15-9-11-23(12-10-15)18-16-7-5-6-8-17(16)29(26,27)21-18/h5-8,14-15H,4,9-13H2,1-3H3. The third kappa shape index (κ3) is 4.29. The lowest BCUT2D eigenvalue weighted by Crippen LogP contribution is -2.46. The van der Waals surface area contributed by atoms with Crippen molar-refractivity contribution in [1.82, 2.24) is 9.80 Å². The molecule has 2 aliphatic heterocycles. The molecule has 3 rings (SSSR count). The molecule has 1 fully saturated rings. The Bertz CT molecular complexity index is 920. The Morgan fingerprint density at radius 3 is 2.55 bits per heavy atom. The number of amides is 1. The maximum absolute atomic E-state index is 12.9. The summed E-state index contributed by atoms with van der Waals surface area (Å²) in [4.78, 5) is 28.5. The number of benzene rings is 1. The van der Waals surface area contributed by atoms with E-state index in [-0.39, 0.29) is 28.6 Å². The summed E-state index contributed by atoms with van der Waals surface area (Å²) in [6.07, 6.45) is 1.23. The average molecular weight is 422 g/mol. The number of methoxy groups -OCH3 is 1. The molecule has 1 aromatic carbocycles. The van der Waals surface area contributed by atoms with Crippen molar-refractivity contribution < 1.29 is 22.7 Å². The molecule has 158 valence electrons. The summed E-state index contributed by atoms with van der Waals surface area (Å²) >= 11 is 0. The van der Waals surface area contributed by atoms with Crippen LogP contribution in [0.2, 0.25) is 0 Å². The second-order valence-corrected chi connectivity index (χ2v) is 9.02. The molecular formula is C20H27N3O5S. The van der Waals surface area contributed by atoms with Crippen LogP contribution in [0.5, 0.6) is 0 Å². The Morgan fingerprint density at radius 2 is 1.93 bits per heavy atom. The minimum atomic E-state index is -3.65. The van der Waals surface area contributed by atoms with Crippen LogP contribution in [0.1, 0.15) is 32.3 Å². The van der Waals surface area contributed by atoms with Gasteiger partial charge in [0.05, 0.1) is 13.0 Å². The molecule has 1 amide bonds. The molecule has 0 saturated carbocycles. The molecule has 2 aliphatic rings. The van der Waals surface area contributed by atoms with Crippen LogP contribution in [0.15, 0.2) is 33.6 Å². The van der Waals surface area contributed by atoms with Gasteiger partial charge >= 0.3 is 5.97 Å². The average Bonchev–Trinajstić information content (AvgIpc) is 3.02. The molecule has 1 atom stereocenters. The van der Waals surface area contributed by atoms with Gasteiger partial charge in [-0.1, -0.05) is 19.1 Å². The summed E-state index contributed by atoms with van der Waals surface area (Å²) in [5.41, 5.74) is 0.624. The van der Waals surface area contributed by atoms with E-state index in [9.17, 15) is 18.0 Å². The lowest BCUT2D eigenvalue weighted by atomic mass is 9.94. The van der Waals surface area contributed by atoms with Crippen LogP contribution in [0, 0.1) is 11.8 Å². The van der Waals surface area contributed by atoms with E-state index in [2.05, 4.69) is 4.40 Å². The molecule has 0 radical (unpaired) electrons. The lowest BCUT2D eigenvalue weighted by molar-refractivity contribution is -0.147. The van der Waals surface area contributed by atoms with Crippen LogP contribution < -0.4 is 0 Å². The first-order valence-corrected chi connectivity index (χ1v) is 11.3. The van der Waals surface area contributed by atoms with E-state index in [0.717, 1.165) is 0 Å². The number of rotatable bonds is 5. The van der Waals surface area contributed by atoms with Gasteiger partial charge < -0.3 is 14.5 Å². The quantitative estimate of drug-likeness (QED) is 0.669. The molecule has 0 aromatic heterocycles. The summed E-state index contributed by atoms with van der Waals surface area (Å²) in [5.74, 6) is -0.351. The number of likely N-dealkylation sites (tertiary alicyclic amines) is 1. The smallest absolute Gasteiger partial charge is 0.310 e. The van der Waals surface area contributed by atoms with Crippen LogP contribution in [0.4, 0.5) is 0 Å². The van der Waals surface area contributed by atoms with E-state index in [1.54, 1.807) is 36.1 Å². The molecular weight excluding hydrogens is 394 g/mol. The number of carbonyl (C=O) groups excluding carboxylic acids is 2. The van der Waals surface area contributed by atoms with Gasteiger partial charge in [0.2, 0.25) is 5.91 Å². The maximum atomic E-state index is 12.9. The van der Waals surface area contributed by atoms with Crippen molar-refractivity contribution in [1.29, 1.82) is 0 Å². The van der Waals surface area contributed by atoms with Crippen LogP contribution in [0.25, 0.3) is 0 Å². The van der Waals surface area contributed by atoms with E-state index in [1.165, 1.54) is 7.11 Å². The molecule has 1 aromatic rings. The van der Waals surface area contributed by atoms with Gasteiger partial charge in [0.1, 0.15) is 4.90 Å². The van der Waals surface area contributed by atoms with Crippen molar-refractivity contribution in [2.45, 2.75) is 31.6 Å². The van der Waals surface area contributed by atoms with Gasteiger partial charge in [-0.2, -0.15) is 8.42 Å². The number of hydrogen-bond acceptors (Lipinski definition) is 6. The van der Waals surface area contributed by atoms with Crippen molar-refractivity contribution in [3.8, 4) is 0 Å². The van der Waals surface area contributed by atoms with Gasteiger partial charge in [0.25, 0.3) is 10.0 Å². The predicted molar refractivity (Wildman–Crippen MR) is 108 cm³/mol.